The fourth-order valence-electron chi connectivity index (χ4n) is 3.54. The van der Waals surface area contributed by atoms with Crippen molar-refractivity contribution in [2.24, 2.45) is 0 Å². The first-order valence-electron chi connectivity index (χ1n) is 9.26. The predicted molar refractivity (Wildman–Crippen MR) is 100 cm³/mol. The molecule has 0 spiro atoms. The molecule has 4 rings (SSSR count). The summed E-state index contributed by atoms with van der Waals surface area (Å²) in [6.45, 7) is 5.24. The van der Waals surface area contributed by atoms with Crippen molar-refractivity contribution in [2.75, 3.05) is 46.5 Å². The van der Waals surface area contributed by atoms with Gasteiger partial charge in [-0.15, -0.1) is 0 Å². The van der Waals surface area contributed by atoms with Crippen molar-refractivity contribution in [3.63, 3.8) is 0 Å². The number of nitrogens with zero attached hydrogens (tertiary/aromatic N) is 4. The van der Waals surface area contributed by atoms with E-state index in [-0.39, 0.29) is 6.03 Å². The van der Waals surface area contributed by atoms with Crippen LogP contribution in [0.1, 0.15) is 5.69 Å². The molecule has 8 nitrogen and oxygen atoms in total. The quantitative estimate of drug-likeness (QED) is 0.872. The van der Waals surface area contributed by atoms with Crippen LogP contribution in [0.25, 0.3) is 5.69 Å². The first-order chi connectivity index (χ1) is 13.2. The highest BCUT2D eigenvalue weighted by atomic mass is 16.5. The van der Waals surface area contributed by atoms with Gasteiger partial charge in [-0.3, -0.25) is 4.90 Å². The zero-order valence-electron chi connectivity index (χ0n) is 15.5. The summed E-state index contributed by atoms with van der Waals surface area (Å²) in [6.07, 6.45) is 1.89. The molecule has 2 amide bonds. The van der Waals surface area contributed by atoms with E-state index in [1.54, 1.807) is 11.8 Å². The van der Waals surface area contributed by atoms with E-state index >= 15 is 0 Å². The van der Waals surface area contributed by atoms with Crippen LogP contribution in [0.15, 0.2) is 36.5 Å². The van der Waals surface area contributed by atoms with Crippen LogP contribution in [0, 0.1) is 0 Å². The van der Waals surface area contributed by atoms with Gasteiger partial charge in [0.15, 0.2) is 0 Å². The van der Waals surface area contributed by atoms with Gasteiger partial charge >= 0.3 is 6.03 Å². The highest BCUT2D eigenvalue weighted by Gasteiger charge is 2.31. The summed E-state index contributed by atoms with van der Waals surface area (Å²) in [7, 11) is 1.64. The predicted octanol–water partition coefficient (Wildman–Crippen LogP) is 1.11. The van der Waals surface area contributed by atoms with Gasteiger partial charge in [-0.2, -0.15) is 5.10 Å². The number of hydrogen-bond donors (Lipinski definition) is 1. The third kappa shape index (κ3) is 4.06. The number of amides is 2. The maximum absolute atomic E-state index is 12.5. The first kappa shape index (κ1) is 17.8. The van der Waals surface area contributed by atoms with Gasteiger partial charge < -0.3 is 19.7 Å². The van der Waals surface area contributed by atoms with Gasteiger partial charge in [-0.25, -0.2) is 9.48 Å². The third-order valence-corrected chi connectivity index (χ3v) is 5.13. The Labute approximate surface area is 158 Å². The minimum Gasteiger partial charge on any atom is -0.497 e. The van der Waals surface area contributed by atoms with E-state index < -0.39 is 0 Å². The molecule has 2 fully saturated rings. The summed E-state index contributed by atoms with van der Waals surface area (Å²) in [5.41, 5.74) is 1.76. The molecule has 2 aliphatic heterocycles. The Morgan fingerprint density at radius 3 is 2.93 bits per heavy atom. The molecule has 2 saturated heterocycles. The zero-order valence-corrected chi connectivity index (χ0v) is 15.5. The van der Waals surface area contributed by atoms with Crippen molar-refractivity contribution in [2.45, 2.75) is 12.6 Å². The van der Waals surface area contributed by atoms with Crippen molar-refractivity contribution in [3.8, 4) is 11.4 Å². The van der Waals surface area contributed by atoms with Gasteiger partial charge in [0.1, 0.15) is 5.75 Å². The largest absolute Gasteiger partial charge is 0.497 e. The highest BCUT2D eigenvalue weighted by molar-refractivity contribution is 5.74. The van der Waals surface area contributed by atoms with E-state index in [1.807, 2.05) is 41.4 Å². The second-order valence-corrected chi connectivity index (χ2v) is 6.82. The summed E-state index contributed by atoms with van der Waals surface area (Å²) in [4.78, 5) is 16.8. The number of morpholine rings is 1. The number of rotatable bonds is 4. The molecule has 8 heteroatoms. The molecule has 3 heterocycles. The number of carbonyl (C=O) groups is 1. The Kier molecular flexibility index (Phi) is 5.26. The second-order valence-electron chi connectivity index (χ2n) is 6.82. The molecule has 2 aromatic rings. The normalized spacial score (nSPS) is 20.2. The lowest BCUT2D eigenvalue weighted by Gasteiger charge is -2.43. The monoisotopic (exact) mass is 371 g/mol. The number of ether oxygens (including phenoxy) is 2. The van der Waals surface area contributed by atoms with Crippen molar-refractivity contribution in [1.29, 1.82) is 0 Å². The van der Waals surface area contributed by atoms with Crippen LogP contribution in [0.3, 0.4) is 0 Å². The van der Waals surface area contributed by atoms with E-state index in [9.17, 15) is 4.79 Å². The zero-order chi connectivity index (χ0) is 18.6. The minimum absolute atomic E-state index is 0.0424. The lowest BCUT2D eigenvalue weighted by atomic mass is 10.1. The van der Waals surface area contributed by atoms with Gasteiger partial charge in [0, 0.05) is 32.4 Å². The molecule has 1 unspecified atom stereocenters. The number of fused-ring (bicyclic) bond motifs is 1. The van der Waals surface area contributed by atoms with Gasteiger partial charge in [0.05, 0.1) is 44.3 Å². The standard InChI is InChI=1S/C19H25N5O3/c1-26-18-4-2-16(3-5-18)24-7-6-15(21-24)12-20-19(25)23-9-8-22-10-11-27-14-17(22)13-23/h2-7,17H,8-14H2,1H3,(H,20,25). The Bertz CT molecular complexity index is 776. The number of aromatic nitrogens is 2. The van der Waals surface area contributed by atoms with E-state index in [2.05, 4.69) is 15.3 Å². The molecule has 0 aliphatic carbocycles. The topological polar surface area (TPSA) is 71.9 Å². The fraction of sp³-hybridized carbons (Fsp3) is 0.474. The minimum atomic E-state index is -0.0424. The summed E-state index contributed by atoms with van der Waals surface area (Å²) < 4.78 is 12.5. The van der Waals surface area contributed by atoms with Gasteiger partial charge in [0.25, 0.3) is 0 Å². The van der Waals surface area contributed by atoms with Gasteiger partial charge in [-0.05, 0) is 30.3 Å². The molecule has 1 aromatic heterocycles. The number of carbonyl (C=O) groups excluding carboxylic acids is 1. The maximum Gasteiger partial charge on any atom is 0.317 e. The molecule has 27 heavy (non-hydrogen) atoms. The average Bonchev–Trinajstić information content (AvgIpc) is 3.21. The first-order valence-corrected chi connectivity index (χ1v) is 9.26. The van der Waals surface area contributed by atoms with Crippen molar-refractivity contribution >= 4 is 6.03 Å². The number of methoxy groups -OCH3 is 1. The van der Waals surface area contributed by atoms with Crippen LogP contribution in [-0.4, -0.2) is 78.2 Å². The van der Waals surface area contributed by atoms with Gasteiger partial charge in [-0.1, -0.05) is 0 Å². The molecule has 2 aliphatic rings. The molecule has 0 radical (unpaired) electrons. The molecule has 1 aromatic carbocycles. The second kappa shape index (κ2) is 7.98. The number of urea groups is 1. The number of nitrogens with one attached hydrogen (secondary N) is 1. The van der Waals surface area contributed by atoms with Crippen LogP contribution in [-0.2, 0) is 11.3 Å². The van der Waals surface area contributed by atoms with Crippen molar-refractivity contribution < 1.29 is 14.3 Å². The number of hydrogen-bond acceptors (Lipinski definition) is 5. The molecule has 1 atom stereocenters. The smallest absolute Gasteiger partial charge is 0.317 e. The summed E-state index contributed by atoms with van der Waals surface area (Å²) in [5, 5.41) is 7.51. The van der Waals surface area contributed by atoms with E-state index in [0.717, 1.165) is 43.4 Å². The average molecular weight is 371 g/mol. The summed E-state index contributed by atoms with van der Waals surface area (Å²) in [5.74, 6) is 0.807. The summed E-state index contributed by atoms with van der Waals surface area (Å²) in [6, 6.07) is 9.86. The molecule has 144 valence electrons. The van der Waals surface area contributed by atoms with Gasteiger partial charge in [0.2, 0.25) is 0 Å². The van der Waals surface area contributed by atoms with Crippen molar-refractivity contribution in [1.82, 2.24) is 24.9 Å². The molecule has 1 N–H and O–H groups in total. The van der Waals surface area contributed by atoms with Crippen LogP contribution in [0.4, 0.5) is 4.79 Å². The maximum atomic E-state index is 12.5. The van der Waals surface area contributed by atoms with Crippen LogP contribution in [0.5, 0.6) is 5.75 Å². The van der Waals surface area contributed by atoms with E-state index in [0.29, 0.717) is 25.7 Å². The summed E-state index contributed by atoms with van der Waals surface area (Å²) >= 11 is 0. The Morgan fingerprint density at radius 1 is 1.26 bits per heavy atom. The van der Waals surface area contributed by atoms with Crippen LogP contribution >= 0.6 is 0 Å². The molecule has 0 bridgehead atoms. The SMILES string of the molecule is COc1ccc(-n2ccc(CNC(=O)N3CCN4CCOCC4C3)n2)cc1. The lowest BCUT2D eigenvalue weighted by molar-refractivity contribution is -0.0365. The van der Waals surface area contributed by atoms with Crippen LogP contribution in [0.2, 0.25) is 0 Å². The van der Waals surface area contributed by atoms with Crippen molar-refractivity contribution in [3.05, 3.63) is 42.2 Å². The fourth-order valence-corrected chi connectivity index (χ4v) is 3.54. The molecular formula is C19H25N5O3. The number of piperazine rings is 1. The molecule has 0 saturated carbocycles. The van der Waals surface area contributed by atoms with Crippen LogP contribution < -0.4 is 10.1 Å². The molecular weight excluding hydrogens is 346 g/mol. The van der Waals surface area contributed by atoms with E-state index in [4.69, 9.17) is 9.47 Å². The Hall–Kier alpha value is -2.58. The Morgan fingerprint density at radius 2 is 2.11 bits per heavy atom. The third-order valence-electron chi connectivity index (χ3n) is 5.13. The highest BCUT2D eigenvalue weighted by Crippen LogP contribution is 2.15. The van der Waals surface area contributed by atoms with E-state index in [1.165, 1.54) is 0 Å². The Balaban J connectivity index is 1.31. The number of benzene rings is 1. The lowest BCUT2D eigenvalue weighted by Crippen LogP contribution is -2.60.